The molecule has 0 fully saturated rings. The Balaban J connectivity index is 0.000000363. The normalized spacial score (nSPS) is 9.45. The van der Waals surface area contributed by atoms with Gasteiger partial charge in [0, 0.05) is 76.5 Å². The fourth-order valence-corrected chi connectivity index (χ4v) is 6.89. The van der Waals surface area contributed by atoms with E-state index in [9.17, 15) is 14.0 Å². The van der Waals surface area contributed by atoms with Crippen LogP contribution in [-0.4, -0.2) is 68.5 Å². The fraction of sp³-hybridized carbons (Fsp3) is 0.189. The summed E-state index contributed by atoms with van der Waals surface area (Å²) >= 11 is 27.8. The quantitative estimate of drug-likeness (QED) is 0.0487. The highest BCUT2D eigenvalue weighted by molar-refractivity contribution is 7.81. The molecule has 306 valence electrons. The number of ether oxygens (including phenoxy) is 2. The van der Waals surface area contributed by atoms with E-state index in [2.05, 4.69) is 59.7 Å². The number of isothiocyanates is 1. The molecular weight excluding hydrogens is 906 g/mol. The summed E-state index contributed by atoms with van der Waals surface area (Å²) in [5.41, 5.74) is 14.2. The molecule has 12 nitrogen and oxygen atoms in total. The summed E-state index contributed by atoms with van der Waals surface area (Å²) in [6, 6.07) is 9.15. The molecule has 0 unspecified atom stereocenters. The maximum atomic E-state index is 11.5. The van der Waals surface area contributed by atoms with Crippen molar-refractivity contribution < 1.29 is 24.8 Å². The number of hydrogen-bond acceptors (Lipinski definition) is 17. The Kier molecular flexibility index (Phi) is 26.1. The molecule has 7 rings (SSSR count). The Morgan fingerprint density at radius 2 is 1.43 bits per heavy atom. The molecular formula is C37H36Cl3FN8O4S5. The molecule has 0 radical (unpaired) electrons. The van der Waals surface area contributed by atoms with E-state index in [1.807, 2.05) is 41.4 Å². The number of nitrogens with two attached hydrogens (primary N) is 2. The highest BCUT2D eigenvalue weighted by Gasteiger charge is 2.16. The van der Waals surface area contributed by atoms with E-state index in [0.717, 1.165) is 41.6 Å². The zero-order valence-electron chi connectivity index (χ0n) is 31.7. The number of aliphatic imine (C=N–C) groups is 1. The zero-order valence-corrected chi connectivity index (χ0v) is 37.1. The molecule has 7 aromatic heterocycles. The van der Waals surface area contributed by atoms with Crippen molar-refractivity contribution in [3.8, 4) is 6.07 Å². The van der Waals surface area contributed by atoms with Gasteiger partial charge in [-0.25, -0.2) is 4.79 Å². The van der Waals surface area contributed by atoms with Gasteiger partial charge in [0.05, 0.1) is 79.7 Å². The van der Waals surface area contributed by atoms with Gasteiger partial charge in [-0.15, -0.1) is 57.2 Å². The van der Waals surface area contributed by atoms with E-state index in [1.54, 1.807) is 73.4 Å². The predicted octanol–water partition coefficient (Wildman–Crippen LogP) is 11.1. The van der Waals surface area contributed by atoms with Crippen molar-refractivity contribution in [2.45, 2.75) is 13.8 Å². The minimum atomic E-state index is -1.00. The molecule has 0 bridgehead atoms. The molecule has 0 spiro atoms. The number of nitrogen functional groups attached to an aromatic ring is 2. The van der Waals surface area contributed by atoms with Gasteiger partial charge in [0.1, 0.15) is 10.9 Å². The number of esters is 2. The van der Waals surface area contributed by atoms with Crippen molar-refractivity contribution >= 4 is 158 Å². The van der Waals surface area contributed by atoms with Gasteiger partial charge in [0.25, 0.3) is 0 Å². The molecule has 7 heterocycles. The first-order chi connectivity index (χ1) is 28.5. The third kappa shape index (κ3) is 17.5. The molecule has 4 N–H and O–H groups in total. The van der Waals surface area contributed by atoms with Crippen molar-refractivity contribution in [3.63, 3.8) is 0 Å². The third-order valence-corrected chi connectivity index (χ3v) is 9.91. The summed E-state index contributed by atoms with van der Waals surface area (Å²) in [6.45, 7) is 4.33. The second-order valence-electron chi connectivity index (χ2n) is 9.73. The molecule has 7 aromatic rings. The summed E-state index contributed by atoms with van der Waals surface area (Å²) in [5.74, 6) is -0.449. The zero-order chi connectivity index (χ0) is 44.0. The number of fused-ring (bicyclic) bond motifs is 3. The monoisotopic (exact) mass is 941 g/mol. The Labute approximate surface area is 373 Å². The summed E-state index contributed by atoms with van der Waals surface area (Å²) in [6.07, 6.45) is 13.5. The average molecular weight is 943 g/mol. The molecule has 0 aromatic carbocycles. The van der Waals surface area contributed by atoms with Crippen LogP contribution in [-0.2, 0) is 14.3 Å². The minimum absolute atomic E-state index is 0.174. The van der Waals surface area contributed by atoms with Gasteiger partial charge >= 0.3 is 11.9 Å². The molecule has 0 aliphatic heterocycles. The number of thiophene rings is 3. The van der Waals surface area contributed by atoms with Gasteiger partial charge < -0.3 is 20.9 Å². The van der Waals surface area contributed by atoms with Crippen LogP contribution in [0.2, 0.25) is 5.02 Å². The number of anilines is 2. The first kappa shape index (κ1) is 49.6. The van der Waals surface area contributed by atoms with Crippen LogP contribution in [0, 0.1) is 11.3 Å². The number of aromatic nitrogens is 4. The van der Waals surface area contributed by atoms with Crippen LogP contribution in [0.15, 0.2) is 89.6 Å². The number of halogens is 4. The number of pyridine rings is 4. The lowest BCUT2D eigenvalue weighted by Crippen LogP contribution is -2.04. The van der Waals surface area contributed by atoms with Gasteiger partial charge in [-0.3, -0.25) is 29.1 Å². The van der Waals surface area contributed by atoms with Crippen LogP contribution < -0.4 is 11.5 Å². The summed E-state index contributed by atoms with van der Waals surface area (Å²) in [4.78, 5) is 41.7. The lowest BCUT2D eigenvalue weighted by molar-refractivity contribution is -0.139. The number of nitriles is 1. The maximum Gasteiger partial charge on any atom is 0.350 e. The van der Waals surface area contributed by atoms with Gasteiger partial charge in [0.15, 0.2) is 0 Å². The number of alkyl halides is 3. The van der Waals surface area contributed by atoms with E-state index in [-0.39, 0.29) is 23.0 Å². The van der Waals surface area contributed by atoms with Crippen LogP contribution in [0.1, 0.15) is 30.5 Å². The molecule has 0 aliphatic carbocycles. The topological polar surface area (TPSA) is 192 Å². The Bertz CT molecular complexity index is 2410. The van der Waals surface area contributed by atoms with E-state index in [0.29, 0.717) is 34.4 Å². The summed E-state index contributed by atoms with van der Waals surface area (Å²) in [7, 11) is -1.00. The average Bonchev–Trinajstić information content (AvgIpc) is 3.95. The van der Waals surface area contributed by atoms with Crippen molar-refractivity contribution in [2.24, 2.45) is 4.99 Å². The van der Waals surface area contributed by atoms with E-state index in [4.69, 9.17) is 57.6 Å². The van der Waals surface area contributed by atoms with Crippen molar-refractivity contribution in [1.29, 1.82) is 5.26 Å². The van der Waals surface area contributed by atoms with Gasteiger partial charge in [-0.2, -0.15) is 22.9 Å². The van der Waals surface area contributed by atoms with Crippen LogP contribution in [0.4, 0.5) is 21.5 Å². The molecule has 0 atom stereocenters. The van der Waals surface area contributed by atoms with Crippen molar-refractivity contribution in [2.75, 3.05) is 42.9 Å². The Morgan fingerprint density at radius 1 is 0.914 bits per heavy atom. The van der Waals surface area contributed by atoms with Gasteiger partial charge in [-0.1, -0.05) is 11.6 Å². The number of thiol groups is 1. The largest absolute Gasteiger partial charge is 0.465 e. The van der Waals surface area contributed by atoms with Crippen LogP contribution in [0.5, 0.6) is 0 Å². The number of hydrogen-bond donors (Lipinski definition) is 3. The molecule has 0 amide bonds. The third-order valence-electron chi connectivity index (χ3n) is 6.25. The van der Waals surface area contributed by atoms with E-state index < -0.39 is 7.15 Å². The standard InChI is InChI=1S/C10H10N2O2S.C8H4N2S2.C7H6N2S.C6H3ClN2.C4H8O2S.CH2Cl2.CH3F/c1-2-14-10(13)9-8(11)6-3-4-12-5-7(6)15-9;11-5-10-7-4-12-8-3-9-2-1-6(7)8;8-6-4-10-7-3-9-2-1-5(6)7;7-6-4-9-2-1-5(6)3-8;1-2-6-4(5)3-7;2-1-3;1-2/h3-5H,2,11H2,1H3;1-4H;1-4H,8H2;1-2,4H;7H,2-3H2,1H3;1H2;1H3/i;;;;;;1D. The first-order valence-electron chi connectivity index (χ1n) is 16.7. The van der Waals surface area contributed by atoms with E-state index in [1.165, 1.54) is 23.7 Å². The second-order valence-corrected chi connectivity index (χ2v) is 14.3. The lowest BCUT2D eigenvalue weighted by Gasteiger charge is -1.98. The molecule has 58 heavy (non-hydrogen) atoms. The fourth-order valence-electron chi connectivity index (χ4n) is 3.90. The predicted molar refractivity (Wildman–Crippen MR) is 246 cm³/mol. The highest BCUT2D eigenvalue weighted by Crippen LogP contribution is 2.33. The summed E-state index contributed by atoms with van der Waals surface area (Å²) < 4.78 is 28.1. The molecule has 0 saturated heterocycles. The van der Waals surface area contributed by atoms with Gasteiger partial charge in [0.2, 0.25) is 0 Å². The molecule has 0 aliphatic rings. The van der Waals surface area contributed by atoms with Crippen molar-refractivity contribution in [1.82, 2.24) is 19.9 Å². The Morgan fingerprint density at radius 3 is 1.91 bits per heavy atom. The SMILES string of the molecule is CCOC(=O)CS.CCOC(=O)c1sc2cnccc2c1N.ClCCl.N#Cc1ccncc1Cl.Nc1csc2cnccc12.S=C=Nc1csc2cnccc12.[2H]CF. The lowest BCUT2D eigenvalue weighted by atomic mass is 10.2. The highest BCUT2D eigenvalue weighted by atomic mass is 35.5. The number of carbonyl (C=O) groups excluding carboxylic acids is 2. The van der Waals surface area contributed by atoms with Crippen LogP contribution in [0.25, 0.3) is 30.3 Å². The minimum Gasteiger partial charge on any atom is -0.465 e. The van der Waals surface area contributed by atoms with E-state index >= 15 is 0 Å². The molecule has 21 heteroatoms. The number of carbonyl (C=O) groups is 2. The number of nitrogens with zero attached hydrogens (tertiary/aromatic N) is 6. The van der Waals surface area contributed by atoms with Gasteiger partial charge in [-0.05, 0) is 50.3 Å². The summed E-state index contributed by atoms with van der Waals surface area (Å²) in [5, 5.41) is 18.3. The number of rotatable bonds is 5. The van der Waals surface area contributed by atoms with Crippen molar-refractivity contribution in [3.05, 3.63) is 100 Å². The maximum absolute atomic E-state index is 11.5. The number of thiocarbonyl (C=S) groups is 1. The molecule has 0 saturated carbocycles. The second kappa shape index (κ2) is 30.5. The smallest absolute Gasteiger partial charge is 0.350 e. The Hall–Kier alpha value is -4.54. The van der Waals surface area contributed by atoms with Crippen LogP contribution >= 0.6 is 93.7 Å². The first-order valence-corrected chi connectivity index (χ1v) is 21.1. The van der Waals surface area contributed by atoms with Crippen LogP contribution in [0.3, 0.4) is 0 Å².